The highest BCUT2D eigenvalue weighted by atomic mass is 35.5. The van der Waals surface area contributed by atoms with Gasteiger partial charge in [0.1, 0.15) is 11.6 Å². The molecule has 36 heavy (non-hydrogen) atoms. The van der Waals surface area contributed by atoms with Gasteiger partial charge in [0.15, 0.2) is 0 Å². The second-order valence-electron chi connectivity index (χ2n) is 9.16. The van der Waals surface area contributed by atoms with E-state index >= 15 is 4.39 Å². The maximum absolute atomic E-state index is 15.0. The average Bonchev–Trinajstić information content (AvgIpc) is 3.00. The van der Waals surface area contributed by atoms with Crippen molar-refractivity contribution in [3.05, 3.63) is 100.0 Å². The fourth-order valence-corrected chi connectivity index (χ4v) is 4.39. The first-order chi connectivity index (χ1) is 17.2. The lowest BCUT2D eigenvalue weighted by molar-refractivity contribution is 0.410. The van der Waals surface area contributed by atoms with E-state index in [-0.39, 0.29) is 12.1 Å². The molecule has 0 bridgehead atoms. The van der Waals surface area contributed by atoms with Gasteiger partial charge in [0.2, 0.25) is 5.95 Å². The minimum atomic E-state index is -0.428. The average molecular weight is 502 g/mol. The molecule has 0 radical (unpaired) electrons. The number of ether oxygens (including phenoxy) is 1. The van der Waals surface area contributed by atoms with Crippen LogP contribution in [0.15, 0.2) is 71.9 Å². The molecule has 0 spiro atoms. The summed E-state index contributed by atoms with van der Waals surface area (Å²) in [7, 11) is 1.51. The third-order valence-electron chi connectivity index (χ3n) is 6.08. The maximum atomic E-state index is 15.0. The van der Waals surface area contributed by atoms with Crippen LogP contribution in [0.3, 0.4) is 0 Å². The van der Waals surface area contributed by atoms with Crippen molar-refractivity contribution in [2.24, 2.45) is 10.7 Å². The van der Waals surface area contributed by atoms with E-state index in [1.54, 1.807) is 30.5 Å². The number of nitrogens with one attached hydrogen (secondary N) is 1. The molecule has 5 rings (SSSR count). The molecule has 3 N–H and O–H groups in total. The van der Waals surface area contributed by atoms with Gasteiger partial charge >= 0.3 is 0 Å². The van der Waals surface area contributed by atoms with E-state index in [1.165, 1.54) is 13.2 Å². The number of benzene rings is 3. The first-order valence-corrected chi connectivity index (χ1v) is 11.8. The molecule has 1 aliphatic heterocycles. The van der Waals surface area contributed by atoms with Gasteiger partial charge < -0.3 is 15.8 Å². The number of anilines is 2. The summed E-state index contributed by atoms with van der Waals surface area (Å²) >= 11 is 6.37. The van der Waals surface area contributed by atoms with Crippen molar-refractivity contribution in [1.82, 2.24) is 9.97 Å². The van der Waals surface area contributed by atoms with E-state index in [4.69, 9.17) is 32.0 Å². The van der Waals surface area contributed by atoms with Gasteiger partial charge in [0.25, 0.3) is 0 Å². The van der Waals surface area contributed by atoms with E-state index < -0.39 is 11.4 Å². The summed E-state index contributed by atoms with van der Waals surface area (Å²) in [6.45, 7) is 4.19. The van der Waals surface area contributed by atoms with E-state index in [0.717, 1.165) is 22.4 Å². The van der Waals surface area contributed by atoms with Crippen LogP contribution in [0.2, 0.25) is 5.02 Å². The largest absolute Gasteiger partial charge is 0.496 e. The van der Waals surface area contributed by atoms with Crippen LogP contribution >= 0.6 is 11.6 Å². The number of hydrogen-bond acceptors (Lipinski definition) is 6. The summed E-state index contributed by atoms with van der Waals surface area (Å²) < 4.78 is 20.5. The number of methoxy groups -OCH3 is 1. The molecule has 0 unspecified atom stereocenters. The predicted octanol–water partition coefficient (Wildman–Crippen LogP) is 6.23. The summed E-state index contributed by atoms with van der Waals surface area (Å²) in [5.74, 6) is 0.395. The van der Waals surface area contributed by atoms with Gasteiger partial charge in [-0.3, -0.25) is 4.99 Å². The molecule has 0 aliphatic carbocycles. The van der Waals surface area contributed by atoms with Crippen LogP contribution in [0.1, 0.15) is 36.1 Å². The molecule has 2 heterocycles. The minimum absolute atomic E-state index is 0.273. The van der Waals surface area contributed by atoms with Crippen molar-refractivity contribution in [3.63, 3.8) is 0 Å². The SMILES string of the molecule is COc1cccc(F)c1C1=NCc2cnc(Nc3ccc(C(C)(C)N)cc3)nc2-c2ccc(Cl)cc21. The van der Waals surface area contributed by atoms with Gasteiger partial charge in [-0.25, -0.2) is 14.4 Å². The number of rotatable bonds is 5. The molecule has 8 heteroatoms. The Morgan fingerprint density at radius 1 is 1.06 bits per heavy atom. The highest BCUT2D eigenvalue weighted by Crippen LogP contribution is 2.36. The second-order valence-corrected chi connectivity index (χ2v) is 9.60. The summed E-state index contributed by atoms with van der Waals surface area (Å²) in [4.78, 5) is 14.1. The Hall–Kier alpha value is -3.81. The lowest BCUT2D eigenvalue weighted by Crippen LogP contribution is -2.28. The van der Waals surface area contributed by atoms with Gasteiger partial charge in [0, 0.05) is 39.1 Å². The highest BCUT2D eigenvalue weighted by Gasteiger charge is 2.25. The van der Waals surface area contributed by atoms with Crippen molar-refractivity contribution < 1.29 is 9.13 Å². The molecule has 0 saturated heterocycles. The van der Waals surface area contributed by atoms with Gasteiger partial charge in [-0.15, -0.1) is 0 Å². The number of aromatic nitrogens is 2. The molecular formula is C28H25ClFN5O. The van der Waals surface area contributed by atoms with Crippen LogP contribution in [0.25, 0.3) is 11.3 Å². The Morgan fingerprint density at radius 3 is 2.56 bits per heavy atom. The molecule has 0 atom stereocenters. The van der Waals surface area contributed by atoms with Crippen LogP contribution in [0.5, 0.6) is 5.75 Å². The quantitative estimate of drug-likeness (QED) is 0.338. The number of nitrogens with two attached hydrogens (primary N) is 1. The zero-order valence-corrected chi connectivity index (χ0v) is 20.9. The molecule has 6 nitrogen and oxygen atoms in total. The van der Waals surface area contributed by atoms with Crippen molar-refractivity contribution in [2.75, 3.05) is 12.4 Å². The van der Waals surface area contributed by atoms with E-state index in [2.05, 4.69) is 10.3 Å². The highest BCUT2D eigenvalue weighted by molar-refractivity contribution is 6.31. The van der Waals surface area contributed by atoms with E-state index in [1.807, 2.05) is 44.2 Å². The summed E-state index contributed by atoms with van der Waals surface area (Å²) in [5.41, 5.74) is 11.3. The Morgan fingerprint density at radius 2 is 1.83 bits per heavy atom. The fourth-order valence-electron chi connectivity index (χ4n) is 4.21. The van der Waals surface area contributed by atoms with Gasteiger partial charge in [-0.1, -0.05) is 35.9 Å². The van der Waals surface area contributed by atoms with Crippen molar-refractivity contribution in [2.45, 2.75) is 25.9 Å². The molecule has 0 amide bonds. The normalized spacial score (nSPS) is 12.8. The van der Waals surface area contributed by atoms with Crippen LogP contribution in [-0.2, 0) is 12.1 Å². The number of nitrogens with zero attached hydrogens (tertiary/aromatic N) is 3. The minimum Gasteiger partial charge on any atom is -0.496 e. The Bertz CT molecular complexity index is 1480. The molecule has 1 aromatic heterocycles. The number of halogens is 2. The summed E-state index contributed by atoms with van der Waals surface area (Å²) in [6, 6.07) is 18.0. The first kappa shape index (κ1) is 23.9. The summed E-state index contributed by atoms with van der Waals surface area (Å²) in [6.07, 6.45) is 1.74. The Balaban J connectivity index is 1.58. The molecular weight excluding hydrogens is 477 g/mol. The topological polar surface area (TPSA) is 85.4 Å². The van der Waals surface area contributed by atoms with Crippen molar-refractivity contribution in [3.8, 4) is 17.0 Å². The number of fused-ring (bicyclic) bond motifs is 3. The van der Waals surface area contributed by atoms with Crippen LogP contribution < -0.4 is 15.8 Å². The number of hydrogen-bond donors (Lipinski definition) is 2. The first-order valence-electron chi connectivity index (χ1n) is 11.4. The van der Waals surface area contributed by atoms with Gasteiger partial charge in [0.05, 0.1) is 30.6 Å². The van der Waals surface area contributed by atoms with Crippen molar-refractivity contribution >= 4 is 28.9 Å². The Kier molecular flexibility index (Phi) is 6.20. The molecule has 0 fully saturated rings. The number of aliphatic imine (C=N–C) groups is 1. The zero-order valence-electron chi connectivity index (χ0n) is 20.1. The summed E-state index contributed by atoms with van der Waals surface area (Å²) in [5, 5.41) is 3.77. The molecule has 3 aromatic carbocycles. The lowest BCUT2D eigenvalue weighted by Gasteiger charge is -2.19. The van der Waals surface area contributed by atoms with Crippen LogP contribution in [0.4, 0.5) is 16.0 Å². The standard InChI is InChI=1S/C28H25ClFN5O/c1-28(2,31)17-7-10-19(11-8-17)34-27-33-15-16-14-32-26(24-22(30)5-4-6-23(24)36-3)21-13-18(29)9-12-20(21)25(16)35-27/h4-13,15H,14,31H2,1-3H3,(H,33,34,35). The molecule has 0 saturated carbocycles. The molecule has 1 aliphatic rings. The van der Waals surface area contributed by atoms with Gasteiger partial charge in [-0.2, -0.15) is 0 Å². The van der Waals surface area contributed by atoms with Crippen LogP contribution in [-0.4, -0.2) is 22.8 Å². The van der Waals surface area contributed by atoms with Crippen LogP contribution in [0, 0.1) is 5.82 Å². The van der Waals surface area contributed by atoms with E-state index in [9.17, 15) is 0 Å². The fraction of sp³-hybridized carbons (Fsp3) is 0.179. The van der Waals surface area contributed by atoms with E-state index in [0.29, 0.717) is 33.7 Å². The third kappa shape index (κ3) is 4.55. The second kappa shape index (κ2) is 9.33. The van der Waals surface area contributed by atoms with Gasteiger partial charge in [-0.05, 0) is 55.8 Å². The smallest absolute Gasteiger partial charge is 0.227 e. The lowest BCUT2D eigenvalue weighted by atomic mass is 9.94. The zero-order chi connectivity index (χ0) is 25.4. The molecule has 182 valence electrons. The van der Waals surface area contributed by atoms with Crippen molar-refractivity contribution in [1.29, 1.82) is 0 Å². The third-order valence-corrected chi connectivity index (χ3v) is 6.32. The monoisotopic (exact) mass is 501 g/mol. The maximum Gasteiger partial charge on any atom is 0.227 e. The molecule has 4 aromatic rings. The Labute approximate surface area is 214 Å². The predicted molar refractivity (Wildman–Crippen MR) is 142 cm³/mol.